The third-order valence-corrected chi connectivity index (χ3v) is 9.61. The van der Waals surface area contributed by atoms with E-state index in [0.29, 0.717) is 9.24 Å². The average molecular weight is 649 g/mol. The van der Waals surface area contributed by atoms with Crippen molar-refractivity contribution in [2.45, 2.75) is 36.5 Å². The van der Waals surface area contributed by atoms with Crippen molar-refractivity contribution in [2.24, 2.45) is 10.6 Å². The molecule has 4 heterocycles. The number of carbonyl (C=O) groups excluding carboxylic acids is 4. The molecular formula is C20H21ClN8O7S4. The highest BCUT2D eigenvalue weighted by atomic mass is 35.5. The number of β-lactam (4-membered cyclic amide) rings is 1. The average Bonchev–Trinajstić information content (AvgIpc) is 3.45. The Bertz CT molecular complexity index is 1440. The number of esters is 2. The molecule has 2 amide bonds. The van der Waals surface area contributed by atoms with E-state index in [4.69, 9.17) is 32.5 Å². The van der Waals surface area contributed by atoms with Gasteiger partial charge in [0.1, 0.15) is 27.1 Å². The fourth-order valence-electron chi connectivity index (χ4n) is 3.32. The molecule has 1 unspecified atom stereocenters. The Labute approximate surface area is 247 Å². The van der Waals surface area contributed by atoms with E-state index in [0.717, 1.165) is 34.4 Å². The first kappa shape index (κ1) is 29.8. The lowest BCUT2D eigenvalue weighted by Crippen LogP contribution is -2.71. The topological polar surface area (TPSA) is 225 Å². The van der Waals surface area contributed by atoms with Crippen LogP contribution in [0.2, 0.25) is 4.34 Å². The Hall–Kier alpha value is -3.13. The molecule has 0 aromatic carbocycles. The van der Waals surface area contributed by atoms with E-state index in [-0.39, 0.29) is 31.7 Å². The minimum absolute atomic E-state index is 0.0214. The van der Waals surface area contributed by atoms with E-state index < -0.39 is 53.1 Å². The summed E-state index contributed by atoms with van der Waals surface area (Å²) in [4.78, 5) is 56.8. The Kier molecular flexibility index (Phi) is 8.78. The summed E-state index contributed by atoms with van der Waals surface area (Å²) in [7, 11) is 0. The minimum Gasteiger partial charge on any atom is -0.427 e. The van der Waals surface area contributed by atoms with Crippen molar-refractivity contribution in [2.75, 3.05) is 24.0 Å². The third-order valence-electron chi connectivity index (χ3n) is 5.18. The van der Waals surface area contributed by atoms with Crippen LogP contribution in [0.3, 0.4) is 0 Å². The molecule has 0 spiro atoms. The van der Waals surface area contributed by atoms with E-state index in [9.17, 15) is 24.4 Å². The van der Waals surface area contributed by atoms with E-state index in [1.54, 1.807) is 20.8 Å². The summed E-state index contributed by atoms with van der Waals surface area (Å²) in [6, 6.07) is -1.09. The van der Waals surface area contributed by atoms with Crippen LogP contribution in [-0.4, -0.2) is 78.7 Å². The standard InChI is InChI=1S/C20H21ClN8O7S4/c1-20(2,3)16(33)36-5-35-15(32)10-6(38-19-27-26-18(23)40-19)4-37-14-9(13(31)29(10)14)24-12(30)8(28-34)7-11(21)39-17(22)25-7/h9,14,34H,4-5H2,1-3H3,(H2,22,25)(H2,23,26)(H,24,30)/t9-,14?/m1/s1. The van der Waals surface area contributed by atoms with Crippen LogP contribution in [0.5, 0.6) is 0 Å². The first-order chi connectivity index (χ1) is 18.8. The maximum absolute atomic E-state index is 13.2. The number of thioether (sulfide) groups is 2. The summed E-state index contributed by atoms with van der Waals surface area (Å²) in [6.45, 7) is 4.25. The fourth-order valence-corrected chi connectivity index (χ4v) is 7.52. The molecule has 0 saturated carbocycles. The Morgan fingerprint density at radius 1 is 1.23 bits per heavy atom. The molecule has 1 fully saturated rings. The quantitative estimate of drug-likeness (QED) is 0.0794. The number of nitrogen functional groups attached to an aromatic ring is 2. The highest BCUT2D eigenvalue weighted by Gasteiger charge is 2.55. The molecule has 2 aromatic rings. The normalized spacial score (nSPS) is 19.1. The van der Waals surface area contributed by atoms with Crippen molar-refractivity contribution < 1.29 is 33.9 Å². The largest absolute Gasteiger partial charge is 0.427 e. The van der Waals surface area contributed by atoms with Gasteiger partial charge in [0, 0.05) is 10.7 Å². The zero-order valence-electron chi connectivity index (χ0n) is 20.9. The van der Waals surface area contributed by atoms with E-state index >= 15 is 0 Å². The van der Waals surface area contributed by atoms with Gasteiger partial charge in [0.2, 0.25) is 11.9 Å². The van der Waals surface area contributed by atoms with Gasteiger partial charge in [0.05, 0.1) is 5.41 Å². The number of nitrogens with two attached hydrogens (primary N) is 2. The molecule has 2 aliphatic rings. The number of fused-ring (bicyclic) bond motifs is 1. The van der Waals surface area contributed by atoms with E-state index in [1.165, 1.54) is 16.7 Å². The number of hydrogen-bond donors (Lipinski definition) is 4. The van der Waals surface area contributed by atoms with Gasteiger partial charge < -0.3 is 31.5 Å². The number of nitrogens with one attached hydrogen (secondary N) is 1. The molecule has 2 aromatic heterocycles. The van der Waals surface area contributed by atoms with Crippen molar-refractivity contribution in [3.8, 4) is 0 Å². The van der Waals surface area contributed by atoms with E-state index in [2.05, 4.69) is 25.7 Å². The lowest BCUT2D eigenvalue weighted by molar-refractivity contribution is -0.173. The van der Waals surface area contributed by atoms with Crippen molar-refractivity contribution >= 4 is 97.5 Å². The molecule has 2 atom stereocenters. The molecule has 4 rings (SSSR count). The molecule has 0 aliphatic carbocycles. The molecule has 6 N–H and O–H groups in total. The molecule has 0 bridgehead atoms. The monoisotopic (exact) mass is 648 g/mol. The second-order valence-electron chi connectivity index (χ2n) is 9.00. The van der Waals surface area contributed by atoms with Gasteiger partial charge in [0.15, 0.2) is 15.2 Å². The van der Waals surface area contributed by atoms with Gasteiger partial charge >= 0.3 is 11.9 Å². The van der Waals surface area contributed by atoms with Crippen LogP contribution < -0.4 is 16.8 Å². The van der Waals surface area contributed by atoms with Crippen molar-refractivity contribution in [3.63, 3.8) is 0 Å². The molecular weight excluding hydrogens is 628 g/mol. The number of oxime groups is 1. The molecule has 214 valence electrons. The number of thiazole rings is 1. The summed E-state index contributed by atoms with van der Waals surface area (Å²) < 4.78 is 10.7. The zero-order chi connectivity index (χ0) is 29.4. The molecule has 2 aliphatic heterocycles. The molecule has 0 radical (unpaired) electrons. The number of halogens is 1. The zero-order valence-corrected chi connectivity index (χ0v) is 24.9. The van der Waals surface area contributed by atoms with Crippen LogP contribution in [-0.2, 0) is 28.7 Å². The van der Waals surface area contributed by atoms with Crippen LogP contribution in [0.1, 0.15) is 26.5 Å². The maximum Gasteiger partial charge on any atom is 0.358 e. The Morgan fingerprint density at radius 3 is 2.52 bits per heavy atom. The number of carbonyl (C=O) groups is 4. The van der Waals surface area contributed by atoms with Crippen LogP contribution in [0.15, 0.2) is 20.1 Å². The van der Waals surface area contributed by atoms with Gasteiger partial charge in [-0.1, -0.05) is 51.2 Å². The lowest BCUT2D eigenvalue weighted by atomic mass is 9.98. The Morgan fingerprint density at radius 2 is 1.95 bits per heavy atom. The predicted octanol–water partition coefficient (Wildman–Crippen LogP) is 1.48. The summed E-state index contributed by atoms with van der Waals surface area (Å²) in [5, 5.41) is 22.1. The van der Waals surface area contributed by atoms with E-state index in [1.807, 2.05) is 0 Å². The second kappa shape index (κ2) is 11.8. The smallest absolute Gasteiger partial charge is 0.358 e. The van der Waals surface area contributed by atoms with Crippen molar-refractivity contribution in [1.29, 1.82) is 0 Å². The first-order valence-corrected chi connectivity index (χ1v) is 14.9. The number of rotatable bonds is 8. The number of ether oxygens (including phenoxy) is 2. The third kappa shape index (κ3) is 6.12. The number of amides is 2. The Balaban J connectivity index is 1.53. The van der Waals surface area contributed by atoms with Gasteiger partial charge in [-0.2, -0.15) is 0 Å². The van der Waals surface area contributed by atoms with Crippen LogP contribution in [0.4, 0.5) is 10.3 Å². The summed E-state index contributed by atoms with van der Waals surface area (Å²) in [5.41, 5.74) is 9.66. The van der Waals surface area contributed by atoms with Crippen LogP contribution >= 0.6 is 57.8 Å². The number of nitrogens with zero attached hydrogens (tertiary/aromatic N) is 5. The maximum atomic E-state index is 13.2. The first-order valence-electron chi connectivity index (χ1n) is 11.1. The van der Waals surface area contributed by atoms with Crippen LogP contribution in [0.25, 0.3) is 0 Å². The SMILES string of the molecule is CC(C)(C)C(=O)OCOC(=O)C1=C(Sc2nnc(N)s2)CSC2[C@H](NC(=O)C(=NO)c3nc(N)sc3Cl)C(=O)N12. The van der Waals surface area contributed by atoms with Gasteiger partial charge in [-0.05, 0) is 20.8 Å². The highest BCUT2D eigenvalue weighted by molar-refractivity contribution is 8.07. The summed E-state index contributed by atoms with van der Waals surface area (Å²) in [6.07, 6.45) is 0. The molecule has 40 heavy (non-hydrogen) atoms. The number of anilines is 2. The van der Waals surface area contributed by atoms with Gasteiger partial charge in [0.25, 0.3) is 11.8 Å². The lowest BCUT2D eigenvalue weighted by Gasteiger charge is -2.49. The molecule has 15 nitrogen and oxygen atoms in total. The van der Waals surface area contributed by atoms with Crippen molar-refractivity contribution in [1.82, 2.24) is 25.4 Å². The van der Waals surface area contributed by atoms with Gasteiger partial charge in [-0.3, -0.25) is 19.3 Å². The van der Waals surface area contributed by atoms with Crippen LogP contribution in [0, 0.1) is 5.41 Å². The fraction of sp³-hybridized carbons (Fsp3) is 0.400. The molecule has 1 saturated heterocycles. The van der Waals surface area contributed by atoms with Gasteiger partial charge in [-0.25, -0.2) is 9.78 Å². The van der Waals surface area contributed by atoms with Crippen molar-refractivity contribution in [3.05, 3.63) is 20.6 Å². The minimum atomic E-state index is -1.09. The second-order valence-corrected chi connectivity index (χ2v) is 14.1. The number of aromatic nitrogens is 3. The number of hydrogen-bond acceptors (Lipinski definition) is 17. The predicted molar refractivity (Wildman–Crippen MR) is 149 cm³/mol. The highest BCUT2D eigenvalue weighted by Crippen LogP contribution is 2.46. The summed E-state index contributed by atoms with van der Waals surface area (Å²) >= 11 is 10.3. The van der Waals surface area contributed by atoms with Gasteiger partial charge in [-0.15, -0.1) is 22.0 Å². The molecule has 20 heteroatoms. The summed E-state index contributed by atoms with van der Waals surface area (Å²) in [5.74, 6) is -2.85.